The largest absolute Gasteiger partial charge is 0.497 e. The number of carbonyl (C=O) groups is 1. The zero-order valence-corrected chi connectivity index (χ0v) is 14.2. The van der Waals surface area contributed by atoms with Gasteiger partial charge in [0, 0.05) is 11.8 Å². The minimum atomic E-state index is -0.979. The van der Waals surface area contributed by atoms with Crippen molar-refractivity contribution in [1.29, 1.82) is 0 Å². The Kier molecular flexibility index (Phi) is 4.09. The highest BCUT2D eigenvalue weighted by atomic mass is 16.5. The lowest BCUT2D eigenvalue weighted by atomic mass is 10.2. The second-order valence-electron chi connectivity index (χ2n) is 5.61. The van der Waals surface area contributed by atoms with Gasteiger partial charge in [0.05, 0.1) is 24.6 Å². The number of aromatic carboxylic acids is 1. The van der Waals surface area contributed by atoms with Gasteiger partial charge in [-0.3, -0.25) is 0 Å². The first-order valence-electron chi connectivity index (χ1n) is 7.97. The molecule has 0 spiro atoms. The number of ether oxygens (including phenoxy) is 1. The summed E-state index contributed by atoms with van der Waals surface area (Å²) in [6.07, 6.45) is 1.57. The van der Waals surface area contributed by atoms with Gasteiger partial charge in [-0.05, 0) is 36.4 Å². The third kappa shape index (κ3) is 3.25. The molecule has 0 aliphatic heterocycles. The number of nitrogens with one attached hydrogen (secondary N) is 1. The van der Waals surface area contributed by atoms with E-state index in [1.165, 1.54) is 12.1 Å². The molecule has 4 aromatic rings. The topological polar surface area (TPSA) is 115 Å². The molecule has 2 aromatic heterocycles. The fourth-order valence-corrected chi connectivity index (χ4v) is 2.53. The number of rotatable bonds is 5. The molecule has 0 fully saturated rings. The quantitative estimate of drug-likeness (QED) is 0.557. The summed E-state index contributed by atoms with van der Waals surface area (Å²) in [6, 6.07) is 13.7. The number of fused-ring (bicyclic) bond motifs is 1. The standard InChI is InChI=1S/C18H14N6O3/c1-27-14-4-2-3-13(9-14)24-16-15(22-23-24)10-19-18(21-16)20-12-7-5-11(6-8-12)17(25)26/h2-10H,1H3,(H,25,26)(H,19,20,21). The molecular formula is C18H14N6O3. The van der Waals surface area contributed by atoms with Crippen LogP contribution in [-0.4, -0.2) is 43.1 Å². The molecule has 9 nitrogen and oxygen atoms in total. The summed E-state index contributed by atoms with van der Waals surface area (Å²) in [5.74, 6) is 0.0616. The normalized spacial score (nSPS) is 10.7. The molecule has 0 aliphatic carbocycles. The van der Waals surface area contributed by atoms with Gasteiger partial charge in [0.2, 0.25) is 5.95 Å². The Hall–Kier alpha value is -4.01. The van der Waals surface area contributed by atoms with Crippen LogP contribution in [0.15, 0.2) is 54.7 Å². The fraction of sp³-hybridized carbons (Fsp3) is 0.0556. The molecule has 0 unspecified atom stereocenters. The summed E-state index contributed by atoms with van der Waals surface area (Å²) in [7, 11) is 1.60. The minimum absolute atomic E-state index is 0.206. The van der Waals surface area contributed by atoms with Crippen molar-refractivity contribution in [3.05, 3.63) is 60.3 Å². The number of carboxylic acid groups (broad SMARTS) is 1. The first-order chi connectivity index (χ1) is 13.1. The Bertz CT molecular complexity index is 1120. The van der Waals surface area contributed by atoms with Gasteiger partial charge in [-0.25, -0.2) is 9.78 Å². The van der Waals surface area contributed by atoms with Gasteiger partial charge in [-0.15, -0.1) is 5.10 Å². The predicted octanol–water partition coefficient (Wildman–Crippen LogP) is 2.66. The van der Waals surface area contributed by atoms with Crippen molar-refractivity contribution in [3.8, 4) is 11.4 Å². The van der Waals surface area contributed by atoms with Crippen molar-refractivity contribution in [2.45, 2.75) is 0 Å². The lowest BCUT2D eigenvalue weighted by Gasteiger charge is -2.06. The van der Waals surface area contributed by atoms with Crippen molar-refractivity contribution in [3.63, 3.8) is 0 Å². The molecule has 134 valence electrons. The van der Waals surface area contributed by atoms with Crippen LogP contribution in [-0.2, 0) is 0 Å². The smallest absolute Gasteiger partial charge is 0.335 e. The van der Waals surface area contributed by atoms with Crippen LogP contribution in [0.25, 0.3) is 16.9 Å². The Labute approximate surface area is 153 Å². The molecule has 0 bridgehead atoms. The predicted molar refractivity (Wildman–Crippen MR) is 97.7 cm³/mol. The molecule has 0 saturated heterocycles. The number of benzene rings is 2. The maximum Gasteiger partial charge on any atom is 0.335 e. The molecule has 4 rings (SSSR count). The Morgan fingerprint density at radius 2 is 2.00 bits per heavy atom. The molecular weight excluding hydrogens is 348 g/mol. The molecule has 2 N–H and O–H groups in total. The van der Waals surface area contributed by atoms with Crippen LogP contribution >= 0.6 is 0 Å². The van der Waals surface area contributed by atoms with Gasteiger partial charge in [-0.1, -0.05) is 11.3 Å². The number of methoxy groups -OCH3 is 1. The summed E-state index contributed by atoms with van der Waals surface area (Å²) in [6.45, 7) is 0. The lowest BCUT2D eigenvalue weighted by Crippen LogP contribution is -2.02. The highest BCUT2D eigenvalue weighted by molar-refractivity contribution is 5.88. The SMILES string of the molecule is COc1cccc(-n2nnc3cnc(Nc4ccc(C(=O)O)cc4)nc32)c1. The maximum absolute atomic E-state index is 10.9. The number of aromatic nitrogens is 5. The minimum Gasteiger partial charge on any atom is -0.497 e. The van der Waals surface area contributed by atoms with Gasteiger partial charge < -0.3 is 15.2 Å². The molecule has 2 aromatic carbocycles. The molecule has 0 radical (unpaired) electrons. The third-order valence-electron chi connectivity index (χ3n) is 3.88. The second-order valence-corrected chi connectivity index (χ2v) is 5.61. The molecule has 0 amide bonds. The first kappa shape index (κ1) is 16.5. The van der Waals surface area contributed by atoms with Crippen molar-refractivity contribution in [2.24, 2.45) is 0 Å². The van der Waals surface area contributed by atoms with E-state index in [9.17, 15) is 4.79 Å². The summed E-state index contributed by atoms with van der Waals surface area (Å²) in [5, 5.41) is 20.2. The highest BCUT2D eigenvalue weighted by Gasteiger charge is 2.11. The molecule has 9 heteroatoms. The molecule has 0 aliphatic rings. The van der Waals surface area contributed by atoms with Crippen LogP contribution in [0.1, 0.15) is 10.4 Å². The van der Waals surface area contributed by atoms with Crippen LogP contribution in [0.3, 0.4) is 0 Å². The Morgan fingerprint density at radius 1 is 1.19 bits per heavy atom. The average molecular weight is 362 g/mol. The third-order valence-corrected chi connectivity index (χ3v) is 3.88. The van der Waals surface area contributed by atoms with E-state index in [1.807, 2.05) is 24.3 Å². The number of hydrogen-bond acceptors (Lipinski definition) is 7. The van der Waals surface area contributed by atoms with E-state index in [0.29, 0.717) is 28.5 Å². The van der Waals surface area contributed by atoms with E-state index < -0.39 is 5.97 Å². The van der Waals surface area contributed by atoms with E-state index in [0.717, 1.165) is 5.69 Å². The monoisotopic (exact) mass is 362 g/mol. The Morgan fingerprint density at radius 3 is 2.74 bits per heavy atom. The zero-order chi connectivity index (χ0) is 18.8. The molecule has 0 saturated carbocycles. The van der Waals surface area contributed by atoms with E-state index in [2.05, 4.69) is 25.6 Å². The van der Waals surface area contributed by atoms with E-state index in [4.69, 9.17) is 9.84 Å². The maximum atomic E-state index is 10.9. The van der Waals surface area contributed by atoms with E-state index >= 15 is 0 Å². The molecule has 2 heterocycles. The van der Waals surface area contributed by atoms with Gasteiger partial charge in [0.25, 0.3) is 0 Å². The van der Waals surface area contributed by atoms with E-state index in [-0.39, 0.29) is 5.56 Å². The number of nitrogens with zero attached hydrogens (tertiary/aromatic N) is 5. The van der Waals surface area contributed by atoms with Gasteiger partial charge in [0.15, 0.2) is 11.2 Å². The highest BCUT2D eigenvalue weighted by Crippen LogP contribution is 2.20. The number of carboxylic acids is 1. The summed E-state index contributed by atoms with van der Waals surface area (Å²) in [4.78, 5) is 19.6. The van der Waals surface area contributed by atoms with Crippen molar-refractivity contribution < 1.29 is 14.6 Å². The van der Waals surface area contributed by atoms with Crippen molar-refractivity contribution in [1.82, 2.24) is 25.0 Å². The van der Waals surface area contributed by atoms with Gasteiger partial charge in [-0.2, -0.15) is 9.67 Å². The number of anilines is 2. The summed E-state index contributed by atoms with van der Waals surface area (Å²) in [5.41, 5.74) is 2.71. The Balaban J connectivity index is 1.68. The second kappa shape index (κ2) is 6.71. The lowest BCUT2D eigenvalue weighted by molar-refractivity contribution is 0.0697. The van der Waals surface area contributed by atoms with Crippen LogP contribution in [0.2, 0.25) is 0 Å². The van der Waals surface area contributed by atoms with Gasteiger partial charge >= 0.3 is 5.97 Å². The van der Waals surface area contributed by atoms with Crippen LogP contribution < -0.4 is 10.1 Å². The summed E-state index contributed by atoms with van der Waals surface area (Å²) < 4.78 is 6.84. The van der Waals surface area contributed by atoms with Crippen molar-refractivity contribution in [2.75, 3.05) is 12.4 Å². The first-order valence-corrected chi connectivity index (χ1v) is 7.97. The summed E-state index contributed by atoms with van der Waals surface area (Å²) >= 11 is 0. The van der Waals surface area contributed by atoms with E-state index in [1.54, 1.807) is 30.1 Å². The zero-order valence-electron chi connectivity index (χ0n) is 14.2. The van der Waals surface area contributed by atoms with Crippen LogP contribution in [0.4, 0.5) is 11.6 Å². The van der Waals surface area contributed by atoms with Crippen LogP contribution in [0, 0.1) is 0 Å². The molecule has 27 heavy (non-hydrogen) atoms. The number of hydrogen-bond donors (Lipinski definition) is 2. The fourth-order valence-electron chi connectivity index (χ4n) is 2.53. The van der Waals surface area contributed by atoms with Crippen LogP contribution in [0.5, 0.6) is 5.75 Å². The average Bonchev–Trinajstić information content (AvgIpc) is 3.12. The van der Waals surface area contributed by atoms with Gasteiger partial charge in [0.1, 0.15) is 5.75 Å². The molecule has 0 atom stereocenters. The van der Waals surface area contributed by atoms with Crippen molar-refractivity contribution >= 4 is 28.8 Å².